The average Bonchev–Trinajstić information content (AvgIpc) is 3.37. The number of nitrogens with zero attached hydrogens (tertiary/aromatic N) is 1. The Labute approximate surface area is 222 Å². The Kier molecular flexibility index (Phi) is 6.98. The summed E-state index contributed by atoms with van der Waals surface area (Å²) in [5.41, 5.74) is 2.65. The number of aryl methyl sites for hydroxylation is 2. The zero-order valence-corrected chi connectivity index (χ0v) is 23.0. The summed E-state index contributed by atoms with van der Waals surface area (Å²) in [6, 6.07) is 7.70. The lowest BCUT2D eigenvalue weighted by Gasteiger charge is -2.30. The minimum atomic E-state index is -3.29. The van der Waals surface area contributed by atoms with Gasteiger partial charge in [-0.1, -0.05) is 25.5 Å². The number of carbonyl (C=O) groups excluding carboxylic acids is 1. The van der Waals surface area contributed by atoms with Crippen molar-refractivity contribution in [3.05, 3.63) is 68.6 Å². The van der Waals surface area contributed by atoms with Crippen molar-refractivity contribution in [1.82, 2.24) is 4.90 Å². The minimum absolute atomic E-state index is 0.000563. The van der Waals surface area contributed by atoms with E-state index >= 15 is 0 Å². The van der Waals surface area contributed by atoms with Crippen molar-refractivity contribution in [1.29, 1.82) is 0 Å². The zero-order valence-electron chi connectivity index (χ0n) is 22.2. The van der Waals surface area contributed by atoms with Gasteiger partial charge in [-0.15, -0.1) is 0 Å². The fraction of sp³-hybridized carbons (Fsp3) is 0.448. The molecule has 3 aromatic rings. The van der Waals surface area contributed by atoms with E-state index in [1.54, 1.807) is 18.2 Å². The molecule has 2 aliphatic heterocycles. The Bertz CT molecular complexity index is 1570. The summed E-state index contributed by atoms with van der Waals surface area (Å²) in [5, 5.41) is 0.407. The van der Waals surface area contributed by atoms with Crippen molar-refractivity contribution in [3.8, 4) is 11.5 Å². The molecular weight excluding hydrogens is 506 g/mol. The highest BCUT2D eigenvalue weighted by atomic mass is 32.2. The normalized spacial score (nSPS) is 20.2. The van der Waals surface area contributed by atoms with Gasteiger partial charge in [0.15, 0.2) is 26.8 Å². The summed E-state index contributed by atoms with van der Waals surface area (Å²) in [6.45, 7) is 8.65. The van der Waals surface area contributed by atoms with Crippen LogP contribution >= 0.6 is 0 Å². The average molecular weight is 540 g/mol. The highest BCUT2D eigenvalue weighted by molar-refractivity contribution is 7.91. The molecule has 1 aromatic heterocycles. The van der Waals surface area contributed by atoms with Crippen LogP contribution in [0.5, 0.6) is 11.5 Å². The van der Waals surface area contributed by atoms with Crippen LogP contribution in [-0.4, -0.2) is 50.0 Å². The molecule has 0 N–H and O–H groups in total. The summed E-state index contributed by atoms with van der Waals surface area (Å²) < 4.78 is 42.8. The van der Waals surface area contributed by atoms with Crippen molar-refractivity contribution >= 4 is 26.7 Å². The first-order valence-corrected chi connectivity index (χ1v) is 15.0. The molecule has 3 heterocycles. The molecule has 1 amide bonds. The van der Waals surface area contributed by atoms with Gasteiger partial charge in [0.2, 0.25) is 5.76 Å². The Morgan fingerprint density at radius 2 is 1.84 bits per heavy atom. The summed E-state index contributed by atoms with van der Waals surface area (Å²) in [7, 11) is -3.29. The molecule has 9 heteroatoms. The molecule has 38 heavy (non-hydrogen) atoms. The van der Waals surface area contributed by atoms with Crippen LogP contribution in [0, 0.1) is 13.8 Å². The monoisotopic (exact) mass is 539 g/mol. The van der Waals surface area contributed by atoms with Crippen molar-refractivity contribution in [2.24, 2.45) is 0 Å². The first-order valence-electron chi connectivity index (χ1n) is 13.2. The van der Waals surface area contributed by atoms with Gasteiger partial charge in [0.05, 0.1) is 41.7 Å². The lowest BCUT2D eigenvalue weighted by atomic mass is 9.96. The van der Waals surface area contributed by atoms with E-state index in [0.717, 1.165) is 24.0 Å². The van der Waals surface area contributed by atoms with E-state index in [0.29, 0.717) is 47.7 Å². The highest BCUT2D eigenvalue weighted by Gasteiger charge is 2.48. The number of hydrogen-bond donors (Lipinski definition) is 0. The van der Waals surface area contributed by atoms with Gasteiger partial charge in [0.25, 0.3) is 5.91 Å². The molecular formula is C29H33NO7S. The molecule has 2 atom stereocenters. The molecule has 0 spiro atoms. The summed E-state index contributed by atoms with van der Waals surface area (Å²) in [6.07, 6.45) is 2.20. The van der Waals surface area contributed by atoms with E-state index < -0.39 is 27.8 Å². The van der Waals surface area contributed by atoms with Crippen LogP contribution in [0.15, 0.2) is 39.5 Å². The number of benzene rings is 2. The fourth-order valence-corrected chi connectivity index (χ4v) is 7.26. The first kappa shape index (κ1) is 26.3. The molecule has 8 nitrogen and oxygen atoms in total. The standard InChI is InChI=1S/C29H33NO7S/c1-5-7-11-36-22-9-8-19(15-23(22)35-6-2)25-24-26(31)21-14-17(3)13-18(4)27(21)37-28(24)29(32)30(25)20-10-12-38(33,34)16-20/h8-9,13-15,20,25H,5-7,10-12,16H2,1-4H3. The van der Waals surface area contributed by atoms with Crippen molar-refractivity contribution in [2.75, 3.05) is 24.7 Å². The number of rotatable bonds is 8. The van der Waals surface area contributed by atoms with Crippen molar-refractivity contribution in [2.45, 2.75) is 59.0 Å². The number of unbranched alkanes of at least 4 members (excludes halogenated alkanes) is 1. The number of ether oxygens (including phenoxy) is 2. The van der Waals surface area contributed by atoms with Crippen LogP contribution in [0.3, 0.4) is 0 Å². The van der Waals surface area contributed by atoms with Gasteiger partial charge in [-0.25, -0.2) is 8.42 Å². The van der Waals surface area contributed by atoms with Gasteiger partial charge < -0.3 is 18.8 Å². The van der Waals surface area contributed by atoms with Gasteiger partial charge in [0, 0.05) is 6.04 Å². The lowest BCUT2D eigenvalue weighted by Crippen LogP contribution is -2.40. The topological polar surface area (TPSA) is 103 Å². The maximum absolute atomic E-state index is 14.0. The molecule has 1 saturated heterocycles. The molecule has 0 bridgehead atoms. The van der Waals surface area contributed by atoms with E-state index in [1.165, 1.54) is 4.90 Å². The maximum Gasteiger partial charge on any atom is 0.291 e. The van der Waals surface area contributed by atoms with Crippen LogP contribution in [0.4, 0.5) is 0 Å². The van der Waals surface area contributed by atoms with E-state index in [2.05, 4.69) is 6.92 Å². The number of fused-ring (bicyclic) bond motifs is 2. The summed E-state index contributed by atoms with van der Waals surface area (Å²) >= 11 is 0. The second kappa shape index (κ2) is 10.1. The largest absolute Gasteiger partial charge is 0.490 e. The third kappa shape index (κ3) is 4.57. The summed E-state index contributed by atoms with van der Waals surface area (Å²) in [4.78, 5) is 29.4. The van der Waals surface area contributed by atoms with Gasteiger partial charge >= 0.3 is 0 Å². The lowest BCUT2D eigenvalue weighted by molar-refractivity contribution is 0.0662. The van der Waals surface area contributed by atoms with E-state index in [9.17, 15) is 18.0 Å². The Morgan fingerprint density at radius 3 is 2.53 bits per heavy atom. The molecule has 202 valence electrons. The van der Waals surface area contributed by atoms with Gasteiger partial charge in [-0.2, -0.15) is 0 Å². The number of amides is 1. The van der Waals surface area contributed by atoms with Crippen LogP contribution in [0.2, 0.25) is 0 Å². The van der Waals surface area contributed by atoms with E-state index in [-0.39, 0.29) is 28.3 Å². The zero-order chi connectivity index (χ0) is 27.2. The third-order valence-electron chi connectivity index (χ3n) is 7.28. The number of carbonyl (C=O) groups is 1. The van der Waals surface area contributed by atoms with Gasteiger partial charge in [0.1, 0.15) is 5.58 Å². The van der Waals surface area contributed by atoms with Gasteiger partial charge in [-0.3, -0.25) is 9.59 Å². The quantitative estimate of drug-likeness (QED) is 0.382. The molecule has 2 aliphatic rings. The maximum atomic E-state index is 14.0. The van der Waals surface area contributed by atoms with Crippen molar-refractivity contribution in [3.63, 3.8) is 0 Å². The first-order chi connectivity index (χ1) is 18.1. The summed E-state index contributed by atoms with van der Waals surface area (Å²) in [5.74, 6) is 0.460. The third-order valence-corrected chi connectivity index (χ3v) is 9.03. The number of hydrogen-bond acceptors (Lipinski definition) is 7. The highest BCUT2D eigenvalue weighted by Crippen LogP contribution is 2.43. The Morgan fingerprint density at radius 1 is 1.05 bits per heavy atom. The molecule has 2 aromatic carbocycles. The van der Waals surface area contributed by atoms with Crippen LogP contribution in [-0.2, 0) is 9.84 Å². The predicted molar refractivity (Wildman–Crippen MR) is 145 cm³/mol. The van der Waals surface area contributed by atoms with Gasteiger partial charge in [-0.05, 0) is 68.5 Å². The predicted octanol–water partition coefficient (Wildman–Crippen LogP) is 4.72. The minimum Gasteiger partial charge on any atom is -0.490 e. The molecule has 1 fully saturated rings. The van der Waals surface area contributed by atoms with E-state index in [4.69, 9.17) is 13.9 Å². The van der Waals surface area contributed by atoms with E-state index in [1.807, 2.05) is 32.9 Å². The number of sulfone groups is 1. The fourth-order valence-electron chi connectivity index (χ4n) is 5.55. The van der Waals surface area contributed by atoms with Crippen molar-refractivity contribution < 1.29 is 27.1 Å². The smallest absolute Gasteiger partial charge is 0.291 e. The second-order valence-electron chi connectivity index (χ2n) is 10.1. The van der Waals surface area contributed by atoms with Crippen LogP contribution < -0.4 is 14.9 Å². The second-order valence-corrected chi connectivity index (χ2v) is 12.4. The molecule has 5 rings (SSSR count). The molecule has 0 saturated carbocycles. The molecule has 0 radical (unpaired) electrons. The Balaban J connectivity index is 1.70. The van der Waals surface area contributed by atoms with Crippen LogP contribution in [0.25, 0.3) is 11.0 Å². The molecule has 0 aliphatic carbocycles. The van der Waals surface area contributed by atoms with Crippen LogP contribution in [0.1, 0.15) is 72.0 Å². The molecule has 2 unspecified atom stereocenters. The SMILES string of the molecule is CCCCOc1ccc(C2c3c(oc4c(C)cc(C)cc4c3=O)C(=O)N2C2CCS(=O)(=O)C2)cc1OCC. The Hall–Kier alpha value is -3.33.